The van der Waals surface area contributed by atoms with Crippen LogP contribution in [0, 0.1) is 11.6 Å². The molecule has 1 aromatic carbocycles. The van der Waals surface area contributed by atoms with Crippen molar-refractivity contribution in [3.05, 3.63) is 52.6 Å². The zero-order valence-corrected chi connectivity index (χ0v) is 16.3. The van der Waals surface area contributed by atoms with Crippen molar-refractivity contribution in [1.82, 2.24) is 14.9 Å². The van der Waals surface area contributed by atoms with Crippen LogP contribution in [0.1, 0.15) is 38.0 Å². The summed E-state index contributed by atoms with van der Waals surface area (Å²) in [6.45, 7) is 0. The molecular weight excluding hydrogens is 408 g/mol. The van der Waals surface area contributed by atoms with Crippen LogP contribution in [0.15, 0.2) is 44.4 Å². The molecule has 2 heterocycles. The summed E-state index contributed by atoms with van der Waals surface area (Å²) in [7, 11) is -4.13. The van der Waals surface area contributed by atoms with Gasteiger partial charge in [-0.3, -0.25) is 0 Å². The van der Waals surface area contributed by atoms with Crippen LogP contribution < -0.4 is 4.72 Å². The topological polar surface area (TPSA) is 85.1 Å². The Morgan fingerprint density at radius 2 is 1.89 bits per heavy atom. The Morgan fingerprint density at radius 3 is 2.57 bits per heavy atom. The van der Waals surface area contributed by atoms with Gasteiger partial charge in [0.1, 0.15) is 5.54 Å². The van der Waals surface area contributed by atoms with Crippen LogP contribution in [0.5, 0.6) is 0 Å². The predicted octanol–water partition coefficient (Wildman–Crippen LogP) is 4.21. The predicted molar refractivity (Wildman–Crippen MR) is 99.1 cm³/mol. The highest BCUT2D eigenvalue weighted by atomic mass is 32.2. The minimum atomic E-state index is -4.13. The molecule has 1 N–H and O–H groups in total. The molecule has 0 radical (unpaired) electrons. The summed E-state index contributed by atoms with van der Waals surface area (Å²) in [5, 5.41) is 7.73. The Morgan fingerprint density at radius 1 is 1.11 bits per heavy atom. The van der Waals surface area contributed by atoms with E-state index >= 15 is 0 Å². The minimum absolute atomic E-state index is 0.180. The monoisotopic (exact) mass is 425 g/mol. The molecule has 1 aliphatic carbocycles. The zero-order chi connectivity index (χ0) is 19.8. The molecule has 1 saturated carbocycles. The van der Waals surface area contributed by atoms with Gasteiger partial charge < -0.3 is 4.52 Å². The second-order valence-electron chi connectivity index (χ2n) is 6.76. The van der Waals surface area contributed by atoms with Gasteiger partial charge in [0, 0.05) is 10.9 Å². The molecule has 3 aromatic rings. The molecule has 148 valence electrons. The van der Waals surface area contributed by atoms with Gasteiger partial charge in [0.25, 0.3) is 0 Å². The molecule has 0 spiro atoms. The van der Waals surface area contributed by atoms with Crippen molar-refractivity contribution < 1.29 is 21.7 Å². The summed E-state index contributed by atoms with van der Waals surface area (Å²) in [5.41, 5.74) is -0.294. The Hall–Kier alpha value is -2.17. The van der Waals surface area contributed by atoms with Gasteiger partial charge in [-0.25, -0.2) is 17.2 Å². The molecule has 2 aromatic heterocycles. The summed E-state index contributed by atoms with van der Waals surface area (Å²) in [4.78, 5) is 4.07. The molecule has 0 amide bonds. The number of hydrogen-bond donors (Lipinski definition) is 1. The lowest BCUT2D eigenvalue weighted by Crippen LogP contribution is -2.47. The molecule has 0 unspecified atom stereocenters. The van der Waals surface area contributed by atoms with Crippen molar-refractivity contribution in [3.63, 3.8) is 0 Å². The lowest BCUT2D eigenvalue weighted by Gasteiger charge is -2.34. The molecule has 10 heteroatoms. The van der Waals surface area contributed by atoms with Crippen LogP contribution in [-0.2, 0) is 15.6 Å². The number of thiophene rings is 1. The van der Waals surface area contributed by atoms with E-state index in [-0.39, 0.29) is 10.8 Å². The van der Waals surface area contributed by atoms with E-state index in [0.717, 1.165) is 37.0 Å². The molecule has 0 aliphatic heterocycles. The average Bonchev–Trinajstić information content (AvgIpc) is 3.36. The van der Waals surface area contributed by atoms with Crippen molar-refractivity contribution in [2.75, 3.05) is 0 Å². The van der Waals surface area contributed by atoms with Crippen molar-refractivity contribution in [1.29, 1.82) is 0 Å². The lowest BCUT2D eigenvalue weighted by atomic mass is 9.82. The van der Waals surface area contributed by atoms with Crippen LogP contribution in [-0.4, -0.2) is 18.6 Å². The summed E-state index contributed by atoms with van der Waals surface area (Å²) in [6, 6.07) is 4.33. The summed E-state index contributed by atoms with van der Waals surface area (Å²) in [5.74, 6) is -1.77. The van der Waals surface area contributed by atoms with Crippen LogP contribution in [0.3, 0.4) is 0 Å². The van der Waals surface area contributed by atoms with Crippen molar-refractivity contribution in [2.45, 2.75) is 42.5 Å². The molecule has 1 aliphatic rings. The average molecular weight is 425 g/mol. The summed E-state index contributed by atoms with van der Waals surface area (Å²) >= 11 is 1.49. The molecule has 0 bridgehead atoms. The number of nitrogens with one attached hydrogen (secondary N) is 1. The first-order valence-electron chi connectivity index (χ1n) is 8.75. The lowest BCUT2D eigenvalue weighted by molar-refractivity contribution is 0.199. The van der Waals surface area contributed by atoms with Crippen molar-refractivity contribution >= 4 is 21.4 Å². The zero-order valence-electron chi connectivity index (χ0n) is 14.7. The first kappa shape index (κ1) is 19.2. The number of sulfonamides is 1. The molecular formula is C18H17F2N3O3S2. The standard InChI is InChI=1S/C18H17F2N3O3S2/c19-14-5-4-13(10-15(14)20)28(24,25)23-18(7-2-1-3-8-18)17-21-16(22-26-17)12-6-9-27-11-12/h4-6,9-11,23H,1-3,7-8H2. The smallest absolute Gasteiger partial charge is 0.248 e. The number of rotatable bonds is 5. The fraction of sp³-hybridized carbons (Fsp3) is 0.333. The van der Waals surface area contributed by atoms with Gasteiger partial charge >= 0.3 is 0 Å². The third-order valence-electron chi connectivity index (χ3n) is 4.85. The number of halogens is 2. The third-order valence-corrected chi connectivity index (χ3v) is 7.07. The second-order valence-corrected chi connectivity index (χ2v) is 9.22. The molecule has 1 fully saturated rings. The summed E-state index contributed by atoms with van der Waals surface area (Å²) in [6.07, 6.45) is 3.45. The Kier molecular flexibility index (Phi) is 5.02. The normalized spacial score (nSPS) is 16.9. The fourth-order valence-corrected chi connectivity index (χ4v) is 5.47. The maximum atomic E-state index is 13.6. The van der Waals surface area contributed by atoms with E-state index < -0.39 is 27.2 Å². The molecule has 6 nitrogen and oxygen atoms in total. The first-order valence-corrected chi connectivity index (χ1v) is 11.2. The van der Waals surface area contributed by atoms with E-state index in [1.54, 1.807) is 0 Å². The van der Waals surface area contributed by atoms with E-state index in [1.165, 1.54) is 11.3 Å². The van der Waals surface area contributed by atoms with Gasteiger partial charge in [-0.2, -0.15) is 21.0 Å². The fourth-order valence-electron chi connectivity index (χ4n) is 3.40. The van der Waals surface area contributed by atoms with Crippen LogP contribution in [0.25, 0.3) is 11.4 Å². The maximum absolute atomic E-state index is 13.6. The molecule has 0 atom stereocenters. The van der Waals surface area contributed by atoms with Crippen LogP contribution in [0.2, 0.25) is 0 Å². The van der Waals surface area contributed by atoms with Gasteiger partial charge in [0.15, 0.2) is 11.6 Å². The van der Waals surface area contributed by atoms with Gasteiger partial charge in [-0.1, -0.05) is 24.4 Å². The number of hydrogen-bond acceptors (Lipinski definition) is 6. The largest absolute Gasteiger partial charge is 0.337 e. The van der Waals surface area contributed by atoms with Gasteiger partial charge in [0.2, 0.25) is 21.7 Å². The maximum Gasteiger partial charge on any atom is 0.248 e. The van der Waals surface area contributed by atoms with E-state index in [2.05, 4.69) is 14.9 Å². The summed E-state index contributed by atoms with van der Waals surface area (Å²) < 4.78 is 60.6. The van der Waals surface area contributed by atoms with E-state index in [4.69, 9.17) is 4.52 Å². The molecule has 28 heavy (non-hydrogen) atoms. The van der Waals surface area contributed by atoms with E-state index in [0.29, 0.717) is 24.7 Å². The van der Waals surface area contributed by atoms with E-state index in [1.807, 2.05) is 16.8 Å². The Bertz CT molecular complexity index is 1080. The quantitative estimate of drug-likeness (QED) is 0.662. The van der Waals surface area contributed by atoms with Crippen LogP contribution in [0.4, 0.5) is 8.78 Å². The molecule has 0 saturated heterocycles. The molecule has 4 rings (SSSR count). The Balaban J connectivity index is 1.71. The number of aromatic nitrogens is 2. The highest BCUT2D eigenvalue weighted by Crippen LogP contribution is 2.38. The minimum Gasteiger partial charge on any atom is -0.337 e. The van der Waals surface area contributed by atoms with Crippen molar-refractivity contribution in [3.8, 4) is 11.4 Å². The van der Waals surface area contributed by atoms with Gasteiger partial charge in [-0.15, -0.1) is 0 Å². The second kappa shape index (κ2) is 7.34. The Labute approximate surface area is 164 Å². The first-order chi connectivity index (χ1) is 13.4. The van der Waals surface area contributed by atoms with Crippen LogP contribution >= 0.6 is 11.3 Å². The highest BCUT2D eigenvalue weighted by molar-refractivity contribution is 7.89. The van der Waals surface area contributed by atoms with E-state index in [9.17, 15) is 17.2 Å². The third kappa shape index (κ3) is 3.59. The SMILES string of the molecule is O=S(=O)(NC1(c2nc(-c3ccsc3)no2)CCCCC1)c1ccc(F)c(F)c1. The highest BCUT2D eigenvalue weighted by Gasteiger charge is 2.43. The van der Waals surface area contributed by atoms with Crippen molar-refractivity contribution in [2.24, 2.45) is 0 Å². The van der Waals surface area contributed by atoms with Gasteiger partial charge in [0.05, 0.1) is 4.90 Å². The van der Waals surface area contributed by atoms with Gasteiger partial charge in [-0.05, 0) is 42.5 Å². The number of nitrogens with zero attached hydrogens (tertiary/aromatic N) is 2. The number of benzene rings is 1.